The molecule has 2 rings (SSSR count). The summed E-state index contributed by atoms with van der Waals surface area (Å²) < 4.78 is 5.68. The van der Waals surface area contributed by atoms with Gasteiger partial charge in [0.2, 0.25) is 6.29 Å². The minimum absolute atomic E-state index is 0.0242. The molecule has 0 amide bonds. The van der Waals surface area contributed by atoms with Crippen LogP contribution in [-0.4, -0.2) is 27.9 Å². The minimum atomic E-state index is -0.491. The summed E-state index contributed by atoms with van der Waals surface area (Å²) >= 11 is 6.32. The molecule has 21 heavy (non-hydrogen) atoms. The number of hydrogen-bond donors (Lipinski definition) is 0. The summed E-state index contributed by atoms with van der Waals surface area (Å²) in [6, 6.07) is 6.06. The third-order valence-corrected chi connectivity index (χ3v) is 3.21. The fourth-order valence-corrected chi connectivity index (χ4v) is 2.26. The van der Waals surface area contributed by atoms with Crippen molar-refractivity contribution in [2.24, 2.45) is 5.16 Å². The van der Waals surface area contributed by atoms with Crippen LogP contribution >= 0.6 is 11.6 Å². The molecule has 114 valence electrons. The zero-order valence-electron chi connectivity index (χ0n) is 12.1. The lowest BCUT2D eigenvalue weighted by Crippen LogP contribution is -2.36. The summed E-state index contributed by atoms with van der Waals surface area (Å²) in [6.07, 6.45) is -0.0245. The summed E-state index contributed by atoms with van der Waals surface area (Å²) in [6.45, 7) is 5.78. The number of rotatable bonds is 3. The lowest BCUT2D eigenvalue weighted by Gasteiger charge is -2.30. The number of nitrogens with zero attached hydrogens (tertiary/aromatic N) is 2. The van der Waals surface area contributed by atoms with Crippen LogP contribution in [0.25, 0.3) is 0 Å². The summed E-state index contributed by atoms with van der Waals surface area (Å²) in [5, 5.41) is 14.3. The van der Waals surface area contributed by atoms with Crippen molar-refractivity contribution in [1.82, 2.24) is 0 Å². The second kappa shape index (κ2) is 5.99. The Morgan fingerprint density at radius 1 is 1.38 bits per heavy atom. The zero-order valence-corrected chi connectivity index (χ0v) is 12.8. The molecule has 0 aliphatic carbocycles. The molecule has 0 saturated heterocycles. The van der Waals surface area contributed by atoms with Gasteiger partial charge in [0.15, 0.2) is 0 Å². The van der Waals surface area contributed by atoms with E-state index in [1.54, 1.807) is 12.1 Å². The van der Waals surface area contributed by atoms with Crippen molar-refractivity contribution in [3.63, 3.8) is 0 Å². The molecule has 0 unspecified atom stereocenters. The van der Waals surface area contributed by atoms with Crippen LogP contribution in [0.15, 0.2) is 29.4 Å². The number of non-ortho nitro benzene ring substituents is 1. The van der Waals surface area contributed by atoms with E-state index in [1.165, 1.54) is 12.1 Å². The van der Waals surface area contributed by atoms with E-state index in [4.69, 9.17) is 21.2 Å². The normalized spacial score (nSPS) is 22.4. The lowest BCUT2D eigenvalue weighted by molar-refractivity contribution is -0.384. The average Bonchev–Trinajstić information content (AvgIpc) is 2.37. The first kappa shape index (κ1) is 15.7. The van der Waals surface area contributed by atoms with Crippen LogP contribution < -0.4 is 0 Å². The molecule has 0 saturated carbocycles. The third kappa shape index (κ3) is 4.15. The van der Waals surface area contributed by atoms with E-state index in [1.807, 2.05) is 20.8 Å². The SMILES string of the molecule is CC(C)(C)O[C@@H]1C[C@H](Cl)C(c2ccc([N+](=O)[O-])cc2)=NO1. The number of hydrogen-bond acceptors (Lipinski definition) is 5. The molecule has 2 atom stereocenters. The largest absolute Gasteiger partial charge is 0.363 e. The quantitative estimate of drug-likeness (QED) is 0.486. The number of ether oxygens (including phenoxy) is 1. The summed E-state index contributed by atoms with van der Waals surface area (Å²) in [5.74, 6) is 0. The van der Waals surface area contributed by atoms with Gasteiger partial charge in [-0.1, -0.05) is 5.16 Å². The van der Waals surface area contributed by atoms with Crippen molar-refractivity contribution in [2.45, 2.75) is 44.5 Å². The van der Waals surface area contributed by atoms with Gasteiger partial charge in [-0.25, -0.2) is 0 Å². The Bertz CT molecular complexity index is 551. The minimum Gasteiger partial charge on any atom is -0.363 e. The maximum absolute atomic E-state index is 10.6. The van der Waals surface area contributed by atoms with Gasteiger partial charge in [0.1, 0.15) is 5.71 Å². The molecule has 0 spiro atoms. The standard InChI is InChI=1S/C14H17ClN2O4/c1-14(2,3)20-12-8-11(15)13(16-21-12)9-4-6-10(7-5-9)17(18)19/h4-7,11-12H,8H2,1-3H3/t11-,12-/m0/s1. The van der Waals surface area contributed by atoms with E-state index < -0.39 is 11.2 Å². The van der Waals surface area contributed by atoms with Crippen molar-refractivity contribution in [3.05, 3.63) is 39.9 Å². The lowest BCUT2D eigenvalue weighted by atomic mass is 10.0. The monoisotopic (exact) mass is 312 g/mol. The Hall–Kier alpha value is -1.66. The van der Waals surface area contributed by atoms with Gasteiger partial charge in [0.25, 0.3) is 5.69 Å². The van der Waals surface area contributed by atoms with Gasteiger partial charge in [-0.2, -0.15) is 0 Å². The average molecular weight is 313 g/mol. The molecule has 1 heterocycles. The van der Waals surface area contributed by atoms with E-state index in [2.05, 4.69) is 5.16 Å². The molecule has 1 aromatic rings. The van der Waals surface area contributed by atoms with E-state index in [9.17, 15) is 10.1 Å². The van der Waals surface area contributed by atoms with Crippen LogP contribution in [0.1, 0.15) is 32.8 Å². The summed E-state index contributed by atoms with van der Waals surface area (Å²) in [4.78, 5) is 15.5. The molecule has 0 radical (unpaired) electrons. The fourth-order valence-electron chi connectivity index (χ4n) is 1.95. The van der Waals surface area contributed by atoms with Crippen molar-refractivity contribution in [1.29, 1.82) is 0 Å². The van der Waals surface area contributed by atoms with Gasteiger partial charge in [-0.15, -0.1) is 11.6 Å². The van der Waals surface area contributed by atoms with Crippen molar-refractivity contribution in [2.75, 3.05) is 0 Å². The van der Waals surface area contributed by atoms with Crippen LogP contribution in [0.2, 0.25) is 0 Å². The molecule has 6 nitrogen and oxygen atoms in total. The number of nitro benzene ring substituents is 1. The number of oxime groups is 1. The second-order valence-corrected chi connectivity index (χ2v) is 6.28. The van der Waals surface area contributed by atoms with Crippen molar-refractivity contribution < 1.29 is 14.5 Å². The Morgan fingerprint density at radius 2 is 2.00 bits per heavy atom. The molecule has 0 N–H and O–H groups in total. The number of halogens is 1. The third-order valence-electron chi connectivity index (χ3n) is 2.82. The van der Waals surface area contributed by atoms with E-state index in [0.29, 0.717) is 17.7 Å². The van der Waals surface area contributed by atoms with Crippen LogP contribution in [0.3, 0.4) is 0 Å². The predicted octanol–water partition coefficient (Wildman–Crippen LogP) is 3.47. The van der Waals surface area contributed by atoms with Gasteiger partial charge >= 0.3 is 0 Å². The van der Waals surface area contributed by atoms with Gasteiger partial charge in [0.05, 0.1) is 15.9 Å². The molecule has 1 aromatic carbocycles. The Kier molecular flexibility index (Phi) is 4.49. The molecule has 0 fully saturated rings. The van der Waals surface area contributed by atoms with Crippen LogP contribution in [-0.2, 0) is 9.57 Å². The first-order valence-electron chi connectivity index (χ1n) is 6.57. The summed E-state index contributed by atoms with van der Waals surface area (Å²) in [5.41, 5.74) is 0.938. The molecule has 0 bridgehead atoms. The molecule has 7 heteroatoms. The Balaban J connectivity index is 2.12. The maximum atomic E-state index is 10.6. The number of nitro groups is 1. The highest BCUT2D eigenvalue weighted by Crippen LogP contribution is 2.26. The molecule has 0 aromatic heterocycles. The molecule has 1 aliphatic heterocycles. The Morgan fingerprint density at radius 3 is 2.48 bits per heavy atom. The highest BCUT2D eigenvalue weighted by Gasteiger charge is 2.30. The second-order valence-electron chi connectivity index (χ2n) is 5.75. The van der Waals surface area contributed by atoms with Crippen LogP contribution in [0, 0.1) is 10.1 Å². The first-order valence-corrected chi connectivity index (χ1v) is 7.00. The molecular formula is C14H17ClN2O4. The van der Waals surface area contributed by atoms with Crippen molar-refractivity contribution >= 4 is 23.0 Å². The van der Waals surface area contributed by atoms with Gasteiger partial charge < -0.3 is 9.57 Å². The van der Waals surface area contributed by atoms with Gasteiger partial charge in [-0.05, 0) is 32.9 Å². The maximum Gasteiger partial charge on any atom is 0.269 e. The van der Waals surface area contributed by atoms with E-state index >= 15 is 0 Å². The molecular weight excluding hydrogens is 296 g/mol. The van der Waals surface area contributed by atoms with Crippen molar-refractivity contribution in [3.8, 4) is 0 Å². The zero-order chi connectivity index (χ0) is 15.6. The highest BCUT2D eigenvalue weighted by atomic mass is 35.5. The van der Waals surface area contributed by atoms with E-state index in [-0.39, 0.29) is 16.7 Å². The number of benzene rings is 1. The van der Waals surface area contributed by atoms with E-state index in [0.717, 1.165) is 0 Å². The predicted molar refractivity (Wildman–Crippen MR) is 79.6 cm³/mol. The fraction of sp³-hybridized carbons (Fsp3) is 0.500. The number of alkyl halides is 1. The topological polar surface area (TPSA) is 74.0 Å². The highest BCUT2D eigenvalue weighted by molar-refractivity contribution is 6.35. The first-order chi connectivity index (χ1) is 9.76. The smallest absolute Gasteiger partial charge is 0.269 e. The van der Waals surface area contributed by atoms with Crippen LogP contribution in [0.4, 0.5) is 5.69 Å². The van der Waals surface area contributed by atoms with Crippen LogP contribution in [0.5, 0.6) is 0 Å². The Labute approximate surface area is 127 Å². The van der Waals surface area contributed by atoms with Gasteiger partial charge in [-0.3, -0.25) is 10.1 Å². The van der Waals surface area contributed by atoms with Gasteiger partial charge in [0, 0.05) is 24.1 Å². The molecule has 1 aliphatic rings. The summed E-state index contributed by atoms with van der Waals surface area (Å²) in [7, 11) is 0.